The first-order valence-corrected chi connectivity index (χ1v) is 6.42. The minimum absolute atomic E-state index is 0.137. The monoisotopic (exact) mass is 248 g/mol. The number of hydrogen-bond acceptors (Lipinski definition) is 3. The molecule has 0 radical (unpaired) electrons. The molecule has 1 amide bonds. The molecule has 2 rings (SSSR count). The molecule has 4 heteroatoms. The van der Waals surface area contributed by atoms with Gasteiger partial charge in [0.2, 0.25) is 5.91 Å². The summed E-state index contributed by atoms with van der Waals surface area (Å²) in [6.45, 7) is 1.67. The maximum atomic E-state index is 12.1. The lowest BCUT2D eigenvalue weighted by Crippen LogP contribution is -2.41. The SMILES string of the molecule is Nc1ccc(CC(=O)N2CCCC(CO)C2)cc1. The maximum absolute atomic E-state index is 12.1. The highest BCUT2D eigenvalue weighted by Gasteiger charge is 2.22. The summed E-state index contributed by atoms with van der Waals surface area (Å²) in [4.78, 5) is 14.0. The molecule has 1 aliphatic rings. The summed E-state index contributed by atoms with van der Waals surface area (Å²) in [6, 6.07) is 7.41. The van der Waals surface area contributed by atoms with Gasteiger partial charge >= 0.3 is 0 Å². The van der Waals surface area contributed by atoms with Gasteiger partial charge in [-0.25, -0.2) is 0 Å². The third kappa shape index (κ3) is 3.23. The molecular weight excluding hydrogens is 228 g/mol. The predicted octanol–water partition coefficient (Wildman–Crippen LogP) is 1.04. The zero-order valence-electron chi connectivity index (χ0n) is 10.5. The van der Waals surface area contributed by atoms with Crippen molar-refractivity contribution in [2.75, 3.05) is 25.4 Å². The van der Waals surface area contributed by atoms with Crippen LogP contribution in [0.2, 0.25) is 0 Å². The number of aliphatic hydroxyl groups is 1. The fourth-order valence-electron chi connectivity index (χ4n) is 2.36. The van der Waals surface area contributed by atoms with Crippen LogP contribution in [-0.4, -0.2) is 35.6 Å². The smallest absolute Gasteiger partial charge is 0.226 e. The van der Waals surface area contributed by atoms with E-state index in [-0.39, 0.29) is 18.4 Å². The number of carbonyl (C=O) groups excluding carboxylic acids is 1. The Balaban J connectivity index is 1.93. The average Bonchev–Trinajstić information content (AvgIpc) is 2.41. The molecule has 0 aliphatic carbocycles. The van der Waals surface area contributed by atoms with Crippen LogP contribution in [0.5, 0.6) is 0 Å². The second-order valence-electron chi connectivity index (χ2n) is 4.95. The Labute approximate surface area is 107 Å². The van der Waals surface area contributed by atoms with E-state index in [0.29, 0.717) is 18.7 Å². The van der Waals surface area contributed by atoms with Crippen molar-refractivity contribution in [3.63, 3.8) is 0 Å². The quantitative estimate of drug-likeness (QED) is 0.785. The van der Waals surface area contributed by atoms with Gasteiger partial charge in [-0.15, -0.1) is 0 Å². The van der Waals surface area contributed by atoms with Crippen LogP contribution in [0.1, 0.15) is 18.4 Å². The van der Waals surface area contributed by atoms with Crippen molar-refractivity contribution in [2.45, 2.75) is 19.3 Å². The van der Waals surface area contributed by atoms with Crippen molar-refractivity contribution in [2.24, 2.45) is 5.92 Å². The highest BCUT2D eigenvalue weighted by Crippen LogP contribution is 2.17. The van der Waals surface area contributed by atoms with E-state index in [1.54, 1.807) is 0 Å². The Hall–Kier alpha value is -1.55. The van der Waals surface area contributed by atoms with Gasteiger partial charge < -0.3 is 15.7 Å². The third-order valence-electron chi connectivity index (χ3n) is 3.46. The summed E-state index contributed by atoms with van der Waals surface area (Å²) in [6.07, 6.45) is 2.42. The van der Waals surface area contributed by atoms with Crippen molar-refractivity contribution in [1.82, 2.24) is 4.90 Å². The van der Waals surface area contributed by atoms with E-state index < -0.39 is 0 Å². The molecule has 1 aromatic carbocycles. The van der Waals surface area contributed by atoms with Gasteiger partial charge in [0, 0.05) is 25.4 Å². The van der Waals surface area contributed by atoms with Crippen LogP contribution in [0.4, 0.5) is 5.69 Å². The molecule has 0 aromatic heterocycles. The molecular formula is C14H20N2O2. The molecule has 3 N–H and O–H groups in total. The van der Waals surface area contributed by atoms with Gasteiger partial charge in [-0.1, -0.05) is 12.1 Å². The van der Waals surface area contributed by atoms with Crippen LogP contribution < -0.4 is 5.73 Å². The van der Waals surface area contributed by atoms with Crippen LogP contribution in [0.15, 0.2) is 24.3 Å². The number of nitrogens with two attached hydrogens (primary N) is 1. The van der Waals surface area contributed by atoms with Crippen LogP contribution in [0.25, 0.3) is 0 Å². The summed E-state index contributed by atoms with van der Waals surface area (Å²) >= 11 is 0. The largest absolute Gasteiger partial charge is 0.399 e. The zero-order chi connectivity index (χ0) is 13.0. The Morgan fingerprint density at radius 1 is 1.39 bits per heavy atom. The van der Waals surface area contributed by atoms with E-state index in [2.05, 4.69) is 0 Å². The first-order chi connectivity index (χ1) is 8.69. The van der Waals surface area contributed by atoms with Gasteiger partial charge in [-0.05, 0) is 36.5 Å². The second-order valence-corrected chi connectivity index (χ2v) is 4.95. The fourth-order valence-corrected chi connectivity index (χ4v) is 2.36. The normalized spacial score (nSPS) is 19.8. The van der Waals surface area contributed by atoms with Gasteiger partial charge in [0.1, 0.15) is 0 Å². The summed E-state index contributed by atoms with van der Waals surface area (Å²) in [5.74, 6) is 0.382. The number of nitrogen functional groups attached to an aromatic ring is 1. The van der Waals surface area contributed by atoms with Gasteiger partial charge in [0.15, 0.2) is 0 Å². The summed E-state index contributed by atoms with van der Waals surface area (Å²) < 4.78 is 0. The van der Waals surface area contributed by atoms with Gasteiger partial charge in [-0.2, -0.15) is 0 Å². The molecule has 1 atom stereocenters. The molecule has 1 aliphatic heterocycles. The number of hydrogen-bond donors (Lipinski definition) is 2. The zero-order valence-corrected chi connectivity index (χ0v) is 10.5. The molecule has 0 bridgehead atoms. The lowest BCUT2D eigenvalue weighted by atomic mass is 9.98. The minimum Gasteiger partial charge on any atom is -0.399 e. The average molecular weight is 248 g/mol. The molecule has 1 heterocycles. The number of nitrogens with zero attached hydrogens (tertiary/aromatic N) is 1. The number of benzene rings is 1. The molecule has 1 fully saturated rings. The van der Waals surface area contributed by atoms with Crippen LogP contribution in [-0.2, 0) is 11.2 Å². The fraction of sp³-hybridized carbons (Fsp3) is 0.500. The summed E-state index contributed by atoms with van der Waals surface area (Å²) in [5.41, 5.74) is 7.31. The van der Waals surface area contributed by atoms with E-state index in [9.17, 15) is 4.79 Å². The molecule has 0 saturated carbocycles. The highest BCUT2D eigenvalue weighted by atomic mass is 16.3. The van der Waals surface area contributed by atoms with Crippen molar-refractivity contribution in [3.8, 4) is 0 Å². The van der Waals surface area contributed by atoms with Crippen LogP contribution >= 0.6 is 0 Å². The first-order valence-electron chi connectivity index (χ1n) is 6.42. The van der Waals surface area contributed by atoms with E-state index in [1.165, 1.54) is 0 Å². The van der Waals surface area contributed by atoms with Crippen molar-refractivity contribution in [1.29, 1.82) is 0 Å². The second kappa shape index (κ2) is 5.87. The molecule has 4 nitrogen and oxygen atoms in total. The van der Waals surface area contributed by atoms with Gasteiger partial charge in [0.05, 0.1) is 6.42 Å². The Kier molecular flexibility index (Phi) is 4.20. The topological polar surface area (TPSA) is 66.6 Å². The Morgan fingerprint density at radius 2 is 2.11 bits per heavy atom. The lowest BCUT2D eigenvalue weighted by Gasteiger charge is -2.32. The lowest BCUT2D eigenvalue weighted by molar-refractivity contribution is -0.132. The number of carbonyl (C=O) groups is 1. The molecule has 1 aromatic rings. The minimum atomic E-state index is 0.137. The van der Waals surface area contributed by atoms with Crippen molar-refractivity contribution >= 4 is 11.6 Å². The number of piperidine rings is 1. The number of likely N-dealkylation sites (tertiary alicyclic amines) is 1. The van der Waals surface area contributed by atoms with E-state index in [4.69, 9.17) is 10.8 Å². The summed E-state index contributed by atoms with van der Waals surface area (Å²) in [7, 11) is 0. The van der Waals surface area contributed by atoms with E-state index in [1.807, 2.05) is 29.2 Å². The molecule has 98 valence electrons. The first kappa shape index (κ1) is 12.9. The van der Waals surface area contributed by atoms with Gasteiger partial charge in [0.25, 0.3) is 0 Å². The molecule has 0 spiro atoms. The van der Waals surface area contributed by atoms with Crippen molar-refractivity contribution < 1.29 is 9.90 Å². The van der Waals surface area contributed by atoms with Crippen LogP contribution in [0.3, 0.4) is 0 Å². The molecule has 1 unspecified atom stereocenters. The number of rotatable bonds is 3. The Bertz CT molecular complexity index is 403. The predicted molar refractivity (Wildman–Crippen MR) is 70.9 cm³/mol. The Morgan fingerprint density at radius 3 is 2.78 bits per heavy atom. The summed E-state index contributed by atoms with van der Waals surface area (Å²) in [5, 5.41) is 9.16. The highest BCUT2D eigenvalue weighted by molar-refractivity contribution is 5.79. The number of aliphatic hydroxyl groups excluding tert-OH is 1. The third-order valence-corrected chi connectivity index (χ3v) is 3.46. The van der Waals surface area contributed by atoms with E-state index in [0.717, 1.165) is 24.9 Å². The number of anilines is 1. The maximum Gasteiger partial charge on any atom is 0.226 e. The standard InChI is InChI=1S/C14H20N2O2/c15-13-5-3-11(4-6-13)8-14(18)16-7-1-2-12(9-16)10-17/h3-6,12,17H,1-2,7-10,15H2. The molecule has 18 heavy (non-hydrogen) atoms. The molecule has 1 saturated heterocycles. The van der Waals surface area contributed by atoms with Gasteiger partial charge in [-0.3, -0.25) is 4.79 Å². The van der Waals surface area contributed by atoms with Crippen molar-refractivity contribution in [3.05, 3.63) is 29.8 Å². The van der Waals surface area contributed by atoms with Crippen LogP contribution in [0, 0.1) is 5.92 Å². The van der Waals surface area contributed by atoms with E-state index >= 15 is 0 Å². The number of amides is 1.